The molecule has 0 saturated heterocycles. The molecule has 1 amide bonds. The number of hydrogen-bond acceptors (Lipinski definition) is 3. The molecule has 6 nitrogen and oxygen atoms in total. The molecule has 0 aromatic carbocycles. The van der Waals surface area contributed by atoms with Gasteiger partial charge in [-0.25, -0.2) is 4.98 Å². The van der Waals surface area contributed by atoms with Gasteiger partial charge < -0.3 is 9.88 Å². The molecule has 94 valence electrons. The Morgan fingerprint density at radius 2 is 2.50 bits per heavy atom. The minimum atomic E-state index is -0.0959. The molecule has 0 bridgehead atoms. The van der Waals surface area contributed by atoms with Crippen molar-refractivity contribution in [2.45, 2.75) is 19.4 Å². The minimum Gasteiger partial charge on any atom is -0.350 e. The fourth-order valence-electron chi connectivity index (χ4n) is 2.30. The quantitative estimate of drug-likeness (QED) is 0.831. The zero-order chi connectivity index (χ0) is 12.4. The largest absolute Gasteiger partial charge is 0.350 e. The number of aromatic nitrogens is 4. The van der Waals surface area contributed by atoms with E-state index in [1.807, 2.05) is 12.4 Å². The van der Waals surface area contributed by atoms with Crippen LogP contribution in [0.1, 0.15) is 22.7 Å². The van der Waals surface area contributed by atoms with Gasteiger partial charge in [-0.15, -0.1) is 0 Å². The molecular weight excluding hydrogens is 230 g/mol. The van der Waals surface area contributed by atoms with Gasteiger partial charge in [-0.2, -0.15) is 5.10 Å². The van der Waals surface area contributed by atoms with Crippen LogP contribution in [0.2, 0.25) is 0 Å². The Morgan fingerprint density at radius 1 is 1.56 bits per heavy atom. The number of nitrogens with zero attached hydrogens (tertiary/aromatic N) is 3. The van der Waals surface area contributed by atoms with Crippen LogP contribution in [0.5, 0.6) is 0 Å². The van der Waals surface area contributed by atoms with E-state index in [1.54, 1.807) is 12.3 Å². The first-order chi connectivity index (χ1) is 8.83. The SMILES string of the molecule is O=C(NC[C@@H]1CCn2ccnc2C1)c1ccn[nH]1. The highest BCUT2D eigenvalue weighted by molar-refractivity contribution is 5.92. The maximum absolute atomic E-state index is 11.7. The lowest BCUT2D eigenvalue weighted by molar-refractivity contribution is 0.0939. The number of aryl methyl sites for hydroxylation is 1. The Morgan fingerprint density at radius 3 is 3.33 bits per heavy atom. The summed E-state index contributed by atoms with van der Waals surface area (Å²) >= 11 is 0. The van der Waals surface area contributed by atoms with E-state index in [4.69, 9.17) is 0 Å². The fraction of sp³-hybridized carbons (Fsp3) is 0.417. The number of hydrogen-bond donors (Lipinski definition) is 2. The zero-order valence-corrected chi connectivity index (χ0v) is 9.97. The predicted octanol–water partition coefficient (Wildman–Crippen LogP) is 0.599. The van der Waals surface area contributed by atoms with E-state index in [9.17, 15) is 4.79 Å². The van der Waals surface area contributed by atoms with Gasteiger partial charge in [0.15, 0.2) is 0 Å². The number of carbonyl (C=O) groups is 1. The summed E-state index contributed by atoms with van der Waals surface area (Å²) in [7, 11) is 0. The molecule has 1 aliphatic heterocycles. The summed E-state index contributed by atoms with van der Waals surface area (Å²) in [4.78, 5) is 16.1. The van der Waals surface area contributed by atoms with Crippen molar-refractivity contribution < 1.29 is 4.79 Å². The lowest BCUT2D eigenvalue weighted by Gasteiger charge is -2.23. The summed E-state index contributed by atoms with van der Waals surface area (Å²) < 4.78 is 2.17. The average molecular weight is 245 g/mol. The second-order valence-electron chi connectivity index (χ2n) is 4.58. The maximum atomic E-state index is 11.7. The van der Waals surface area contributed by atoms with Crippen molar-refractivity contribution in [3.63, 3.8) is 0 Å². The average Bonchev–Trinajstić information content (AvgIpc) is 3.05. The number of aromatic amines is 1. The molecule has 6 heteroatoms. The maximum Gasteiger partial charge on any atom is 0.269 e. The second-order valence-corrected chi connectivity index (χ2v) is 4.58. The van der Waals surface area contributed by atoms with E-state index >= 15 is 0 Å². The van der Waals surface area contributed by atoms with Gasteiger partial charge in [0.2, 0.25) is 0 Å². The van der Waals surface area contributed by atoms with Crippen molar-refractivity contribution in [3.05, 3.63) is 36.2 Å². The molecule has 0 radical (unpaired) electrons. The van der Waals surface area contributed by atoms with Crippen molar-refractivity contribution >= 4 is 5.91 Å². The van der Waals surface area contributed by atoms with Gasteiger partial charge in [-0.3, -0.25) is 9.89 Å². The number of nitrogens with one attached hydrogen (secondary N) is 2. The van der Waals surface area contributed by atoms with Gasteiger partial charge in [0.1, 0.15) is 11.5 Å². The molecule has 2 N–H and O–H groups in total. The smallest absolute Gasteiger partial charge is 0.269 e. The Labute approximate surface area is 104 Å². The molecule has 0 fully saturated rings. The number of imidazole rings is 1. The van der Waals surface area contributed by atoms with E-state index in [2.05, 4.69) is 25.1 Å². The summed E-state index contributed by atoms with van der Waals surface area (Å²) in [5.74, 6) is 1.48. The molecule has 1 aliphatic rings. The summed E-state index contributed by atoms with van der Waals surface area (Å²) in [5.41, 5.74) is 0.507. The third kappa shape index (κ3) is 2.13. The first-order valence-electron chi connectivity index (χ1n) is 6.10. The summed E-state index contributed by atoms with van der Waals surface area (Å²) in [6, 6.07) is 1.67. The van der Waals surface area contributed by atoms with Gasteiger partial charge in [0.05, 0.1) is 0 Å². The van der Waals surface area contributed by atoms with Crippen molar-refractivity contribution in [2.24, 2.45) is 5.92 Å². The number of carbonyl (C=O) groups excluding carboxylic acids is 1. The van der Waals surface area contributed by atoms with Gasteiger partial charge in [-0.05, 0) is 18.4 Å². The Balaban J connectivity index is 1.54. The van der Waals surface area contributed by atoms with Crippen LogP contribution in [0.3, 0.4) is 0 Å². The molecule has 3 rings (SSSR count). The molecule has 0 aliphatic carbocycles. The minimum absolute atomic E-state index is 0.0959. The molecule has 2 aromatic rings. The Kier molecular flexibility index (Phi) is 2.84. The normalized spacial score (nSPS) is 18.3. The molecule has 2 aromatic heterocycles. The van der Waals surface area contributed by atoms with Crippen molar-refractivity contribution in [1.29, 1.82) is 0 Å². The van der Waals surface area contributed by atoms with Crippen LogP contribution >= 0.6 is 0 Å². The van der Waals surface area contributed by atoms with Crippen molar-refractivity contribution in [1.82, 2.24) is 25.1 Å². The van der Waals surface area contributed by atoms with Crippen LogP contribution in [0.25, 0.3) is 0 Å². The predicted molar refractivity (Wildman–Crippen MR) is 65.0 cm³/mol. The molecule has 18 heavy (non-hydrogen) atoms. The van der Waals surface area contributed by atoms with Crippen LogP contribution in [-0.2, 0) is 13.0 Å². The molecule has 1 atom stereocenters. The Hall–Kier alpha value is -2.11. The topological polar surface area (TPSA) is 75.6 Å². The van der Waals surface area contributed by atoms with Crippen molar-refractivity contribution in [2.75, 3.05) is 6.54 Å². The van der Waals surface area contributed by atoms with Crippen LogP contribution in [0.15, 0.2) is 24.7 Å². The van der Waals surface area contributed by atoms with E-state index < -0.39 is 0 Å². The van der Waals surface area contributed by atoms with Gasteiger partial charge in [-0.1, -0.05) is 0 Å². The Bertz CT molecular complexity index is 530. The van der Waals surface area contributed by atoms with E-state index in [1.165, 1.54) is 0 Å². The lowest BCUT2D eigenvalue weighted by Crippen LogP contribution is -2.33. The summed E-state index contributed by atoms with van der Waals surface area (Å²) in [6.45, 7) is 1.67. The third-order valence-corrected chi connectivity index (χ3v) is 3.35. The third-order valence-electron chi connectivity index (χ3n) is 3.35. The van der Waals surface area contributed by atoms with E-state index in [0.29, 0.717) is 18.2 Å². The van der Waals surface area contributed by atoms with Gasteiger partial charge in [0.25, 0.3) is 5.91 Å². The highest BCUT2D eigenvalue weighted by atomic mass is 16.1. The van der Waals surface area contributed by atoms with Crippen LogP contribution in [-0.4, -0.2) is 32.2 Å². The molecular formula is C12H15N5O. The fourth-order valence-corrected chi connectivity index (χ4v) is 2.30. The molecule has 0 unspecified atom stereocenters. The number of H-pyrrole nitrogens is 1. The number of fused-ring (bicyclic) bond motifs is 1. The first kappa shape index (κ1) is 11.0. The van der Waals surface area contributed by atoms with Crippen LogP contribution in [0, 0.1) is 5.92 Å². The number of amides is 1. The van der Waals surface area contributed by atoms with Crippen LogP contribution < -0.4 is 5.32 Å². The van der Waals surface area contributed by atoms with E-state index in [-0.39, 0.29) is 5.91 Å². The van der Waals surface area contributed by atoms with Gasteiger partial charge in [0, 0.05) is 38.1 Å². The lowest BCUT2D eigenvalue weighted by atomic mass is 9.98. The van der Waals surface area contributed by atoms with Crippen molar-refractivity contribution in [3.8, 4) is 0 Å². The first-order valence-corrected chi connectivity index (χ1v) is 6.10. The van der Waals surface area contributed by atoms with Gasteiger partial charge >= 0.3 is 0 Å². The highest BCUT2D eigenvalue weighted by Gasteiger charge is 2.19. The molecule has 0 spiro atoms. The standard InChI is InChI=1S/C12H15N5O/c18-12(10-1-3-15-16-10)14-8-9-2-5-17-6-4-13-11(17)7-9/h1,3-4,6,9H,2,5,7-8H2,(H,14,18)(H,15,16)/t9-/m1/s1. The number of rotatable bonds is 3. The zero-order valence-electron chi connectivity index (χ0n) is 9.97. The monoisotopic (exact) mass is 245 g/mol. The summed E-state index contributed by atoms with van der Waals surface area (Å²) in [6.07, 6.45) is 7.42. The highest BCUT2D eigenvalue weighted by Crippen LogP contribution is 2.18. The molecule has 3 heterocycles. The molecule has 0 saturated carbocycles. The van der Waals surface area contributed by atoms with E-state index in [0.717, 1.165) is 25.2 Å². The summed E-state index contributed by atoms with van der Waals surface area (Å²) in [5, 5.41) is 9.35. The second kappa shape index (κ2) is 4.64. The van der Waals surface area contributed by atoms with Crippen LogP contribution in [0.4, 0.5) is 0 Å².